The number of aryl methyl sites for hydroxylation is 2. The molecule has 382 valence electrons. The highest BCUT2D eigenvalue weighted by molar-refractivity contribution is 8.76. The molecule has 0 radical (unpaired) electrons. The summed E-state index contributed by atoms with van der Waals surface area (Å²) in [5, 5.41) is 11.6. The number of rotatable bonds is 31. The topological polar surface area (TPSA) is 160 Å². The minimum atomic E-state index is -2.33. The fourth-order valence-corrected chi connectivity index (χ4v) is 10.9. The Kier molecular flexibility index (Phi) is 26.1. The van der Waals surface area contributed by atoms with Crippen molar-refractivity contribution in [2.75, 3.05) is 50.8 Å². The summed E-state index contributed by atoms with van der Waals surface area (Å²) < 4.78 is 13.4. The van der Waals surface area contributed by atoms with Gasteiger partial charge in [0.05, 0.1) is 0 Å². The Bertz CT molecular complexity index is 1750. The summed E-state index contributed by atoms with van der Waals surface area (Å²) in [4.78, 5) is 62.2. The second-order valence-corrected chi connectivity index (χ2v) is 34.0. The van der Waals surface area contributed by atoms with Crippen molar-refractivity contribution in [3.05, 3.63) is 71.8 Å². The van der Waals surface area contributed by atoms with Crippen LogP contribution in [0, 0.1) is 10.8 Å². The summed E-state index contributed by atoms with van der Waals surface area (Å²) in [6.07, 6.45) is 6.24. The second kappa shape index (κ2) is 29.2. The van der Waals surface area contributed by atoms with Crippen LogP contribution in [-0.4, -0.2) is 116 Å². The molecule has 12 nitrogen and oxygen atoms in total. The van der Waals surface area contributed by atoms with Gasteiger partial charge in [-0.2, -0.15) is 0 Å². The average Bonchev–Trinajstić information content (AvgIpc) is 3.25. The molecule has 0 aliphatic carbocycles. The lowest BCUT2D eigenvalue weighted by atomic mass is 9.87. The van der Waals surface area contributed by atoms with E-state index in [2.05, 4.69) is 113 Å². The van der Waals surface area contributed by atoms with Crippen molar-refractivity contribution < 1.29 is 28.0 Å². The Morgan fingerprint density at radius 1 is 0.544 bits per heavy atom. The molecule has 4 N–H and O–H groups in total. The van der Waals surface area contributed by atoms with Crippen molar-refractivity contribution in [1.82, 2.24) is 21.3 Å². The van der Waals surface area contributed by atoms with Crippen molar-refractivity contribution in [2.24, 2.45) is 20.8 Å². The molecular weight excluding hydrogens is 925 g/mol. The van der Waals surface area contributed by atoms with Crippen LogP contribution in [-0.2, 0) is 40.9 Å². The van der Waals surface area contributed by atoms with Crippen molar-refractivity contribution in [1.29, 1.82) is 0 Å². The third kappa shape index (κ3) is 23.1. The Balaban J connectivity index is 1.73. The number of carbonyl (C=O) groups is 4. The van der Waals surface area contributed by atoms with E-state index in [-0.39, 0.29) is 59.6 Å². The van der Waals surface area contributed by atoms with Crippen LogP contribution in [0.5, 0.6) is 0 Å². The maximum absolute atomic E-state index is 13.7. The molecule has 2 rings (SSSR count). The largest absolute Gasteiger partial charge is 0.404 e. The smallest absolute Gasteiger partial charge is 0.248 e. The minimum Gasteiger partial charge on any atom is -0.404 e. The zero-order valence-electron chi connectivity index (χ0n) is 44.1. The number of benzene rings is 2. The van der Waals surface area contributed by atoms with Gasteiger partial charge in [0, 0.05) is 86.9 Å². The summed E-state index contributed by atoms with van der Waals surface area (Å²) in [5.74, 6) is 0.631. The Hall–Kier alpha value is -3.29. The number of amides is 4. The molecule has 0 saturated heterocycles. The SMILES string of the molecule is CC(C)(C=NCCCc1ccccc1)[C@@H](O[Si](C)(C)C(C)(C)C)C(=O)NCCC(=O)NCCSSCCNC(=O)CCNC(=O)[C@H](O[Si](C)(C)C(C)(C)C)C(C)(C)C=NCCCc1ccccc1. The fourth-order valence-electron chi connectivity index (χ4n) is 6.35. The Morgan fingerprint density at radius 2 is 0.882 bits per heavy atom. The molecule has 0 fully saturated rings. The van der Waals surface area contributed by atoms with E-state index in [0.29, 0.717) is 37.7 Å². The molecular formula is C52H88N6O6S2Si2. The van der Waals surface area contributed by atoms with Gasteiger partial charge in [-0.05, 0) is 73.1 Å². The number of carbonyl (C=O) groups excluding carboxylic acids is 4. The van der Waals surface area contributed by atoms with E-state index < -0.39 is 39.7 Å². The second-order valence-electron chi connectivity index (χ2n) is 21.8. The maximum atomic E-state index is 13.7. The van der Waals surface area contributed by atoms with E-state index in [9.17, 15) is 19.2 Å². The summed E-state index contributed by atoms with van der Waals surface area (Å²) in [5.41, 5.74) is 1.24. The molecule has 2 aromatic rings. The molecule has 0 saturated carbocycles. The first kappa shape index (κ1) is 60.8. The van der Waals surface area contributed by atoms with E-state index in [1.165, 1.54) is 11.1 Å². The fraction of sp³-hybridized carbons (Fsp3) is 0.654. The van der Waals surface area contributed by atoms with Gasteiger partial charge in [-0.25, -0.2) is 0 Å². The van der Waals surface area contributed by atoms with Crippen LogP contribution in [0.25, 0.3) is 0 Å². The molecule has 0 unspecified atom stereocenters. The third-order valence-electron chi connectivity index (χ3n) is 12.7. The molecule has 68 heavy (non-hydrogen) atoms. The molecule has 0 aliphatic rings. The molecule has 0 aliphatic heterocycles. The number of nitrogens with one attached hydrogen (secondary N) is 4. The summed E-state index contributed by atoms with van der Waals surface area (Å²) in [7, 11) is -1.42. The maximum Gasteiger partial charge on any atom is 0.248 e. The Labute approximate surface area is 421 Å². The van der Waals surface area contributed by atoms with Crippen LogP contribution in [0.2, 0.25) is 36.3 Å². The van der Waals surface area contributed by atoms with Crippen LogP contribution in [0.1, 0.15) is 106 Å². The monoisotopic (exact) mass is 1010 g/mol. The molecule has 0 bridgehead atoms. The van der Waals surface area contributed by atoms with Gasteiger partial charge < -0.3 is 30.1 Å². The van der Waals surface area contributed by atoms with E-state index in [4.69, 9.17) is 18.8 Å². The van der Waals surface area contributed by atoms with Gasteiger partial charge in [0.2, 0.25) is 23.6 Å². The normalized spacial score (nSPS) is 13.9. The van der Waals surface area contributed by atoms with Crippen LogP contribution in [0.15, 0.2) is 70.6 Å². The van der Waals surface area contributed by atoms with Crippen molar-refractivity contribution in [2.45, 2.75) is 156 Å². The number of hydrogen-bond donors (Lipinski definition) is 4. The van der Waals surface area contributed by atoms with Gasteiger partial charge in [-0.15, -0.1) is 0 Å². The van der Waals surface area contributed by atoms with E-state index in [1.54, 1.807) is 21.6 Å². The van der Waals surface area contributed by atoms with E-state index >= 15 is 0 Å². The van der Waals surface area contributed by atoms with Crippen molar-refractivity contribution in [3.63, 3.8) is 0 Å². The predicted octanol–water partition coefficient (Wildman–Crippen LogP) is 9.85. The van der Waals surface area contributed by atoms with Crippen LogP contribution in [0.4, 0.5) is 0 Å². The van der Waals surface area contributed by atoms with E-state index in [1.807, 2.05) is 76.5 Å². The highest BCUT2D eigenvalue weighted by atomic mass is 33.1. The lowest BCUT2D eigenvalue weighted by molar-refractivity contribution is -0.132. The van der Waals surface area contributed by atoms with Crippen LogP contribution >= 0.6 is 21.6 Å². The number of hydrogen-bond acceptors (Lipinski definition) is 10. The van der Waals surface area contributed by atoms with Crippen molar-refractivity contribution >= 4 is 74.3 Å². The molecule has 0 aromatic heterocycles. The van der Waals surface area contributed by atoms with Gasteiger partial charge in [-0.1, -0.05) is 151 Å². The van der Waals surface area contributed by atoms with Gasteiger partial charge in [0.25, 0.3) is 0 Å². The lowest BCUT2D eigenvalue weighted by Crippen LogP contribution is -2.54. The molecule has 0 spiro atoms. The number of nitrogens with zero attached hydrogens (tertiary/aromatic N) is 2. The first-order valence-electron chi connectivity index (χ1n) is 24.5. The predicted molar refractivity (Wildman–Crippen MR) is 294 cm³/mol. The highest BCUT2D eigenvalue weighted by Gasteiger charge is 2.46. The van der Waals surface area contributed by atoms with Gasteiger partial charge in [-0.3, -0.25) is 29.2 Å². The highest BCUT2D eigenvalue weighted by Crippen LogP contribution is 2.41. The molecule has 0 heterocycles. The molecule has 2 aromatic carbocycles. The molecule has 16 heteroatoms. The first-order valence-corrected chi connectivity index (χ1v) is 32.8. The zero-order valence-corrected chi connectivity index (χ0v) is 47.8. The zero-order chi connectivity index (χ0) is 51.1. The minimum absolute atomic E-state index is 0.0946. The van der Waals surface area contributed by atoms with Crippen LogP contribution < -0.4 is 21.3 Å². The quantitative estimate of drug-likeness (QED) is 0.0252. The average molecular weight is 1010 g/mol. The summed E-state index contributed by atoms with van der Waals surface area (Å²) in [6.45, 7) is 32.1. The van der Waals surface area contributed by atoms with Crippen molar-refractivity contribution in [3.8, 4) is 0 Å². The van der Waals surface area contributed by atoms with Gasteiger partial charge >= 0.3 is 0 Å². The first-order chi connectivity index (χ1) is 31.7. The summed E-state index contributed by atoms with van der Waals surface area (Å²) >= 11 is 0. The van der Waals surface area contributed by atoms with Crippen LogP contribution in [0.3, 0.4) is 0 Å². The third-order valence-corrected chi connectivity index (χ3v) is 24.0. The number of aliphatic imine (C=N–C) groups is 2. The molecule has 4 amide bonds. The molecule has 2 atom stereocenters. The lowest BCUT2D eigenvalue weighted by Gasteiger charge is -2.42. The Morgan fingerprint density at radius 3 is 1.21 bits per heavy atom. The van der Waals surface area contributed by atoms with Gasteiger partial charge in [0.15, 0.2) is 16.6 Å². The van der Waals surface area contributed by atoms with E-state index in [0.717, 1.165) is 25.7 Å². The summed E-state index contributed by atoms with van der Waals surface area (Å²) in [6, 6.07) is 20.7. The van der Waals surface area contributed by atoms with Gasteiger partial charge in [0.1, 0.15) is 12.2 Å². The standard InChI is InChI=1S/C52H88N6O6S2Si2/c1-49(2,3)67(11,12)63-45(51(7,8)39-53-31-21-27-41-23-17-15-18-24-41)47(61)57-33-29-43(59)55-35-37-65-66-38-36-56-44(60)30-34-58-48(62)46(64-68(13,14)50(4,5)6)52(9,10)40-54-32-22-28-42-25-19-16-20-26-42/h15-20,23-26,39-40,45-46H,21-22,27-38H2,1-14H3,(H,55,59)(H,56,60)(H,57,61)(H,58,62)/t45-,46-/m0/s1.